The number of nitrogens with two attached hydrogens (primary N) is 1. The topological polar surface area (TPSA) is 46.3 Å². The minimum absolute atomic E-state index is 0.0208. The second-order valence-electron chi connectivity index (χ2n) is 4.50. The van der Waals surface area contributed by atoms with Crippen LogP contribution in [0.5, 0.6) is 0 Å². The van der Waals surface area contributed by atoms with Gasteiger partial charge in [0.25, 0.3) is 5.91 Å². The van der Waals surface area contributed by atoms with Gasteiger partial charge >= 0.3 is 0 Å². The summed E-state index contributed by atoms with van der Waals surface area (Å²) in [6, 6.07) is 17.2. The highest BCUT2D eigenvalue weighted by molar-refractivity contribution is 5.93. The normalized spacial score (nSPS) is 10.2. The maximum atomic E-state index is 12.2. The molecule has 2 aromatic carbocycles. The summed E-state index contributed by atoms with van der Waals surface area (Å²) in [5, 5.41) is 0. The molecule has 0 spiro atoms. The quantitative estimate of drug-likeness (QED) is 0.910. The third-order valence-corrected chi connectivity index (χ3v) is 3.11. The molecule has 0 aliphatic rings. The van der Waals surface area contributed by atoms with Crippen molar-refractivity contribution in [2.75, 3.05) is 7.05 Å². The Morgan fingerprint density at radius 3 is 2.21 bits per heavy atom. The van der Waals surface area contributed by atoms with E-state index in [0.29, 0.717) is 18.7 Å². The molecule has 0 unspecified atom stereocenters. The lowest BCUT2D eigenvalue weighted by molar-refractivity contribution is 0.0785. The molecule has 98 valence electrons. The van der Waals surface area contributed by atoms with E-state index in [9.17, 15) is 4.79 Å². The van der Waals surface area contributed by atoms with E-state index in [0.717, 1.165) is 11.1 Å². The molecule has 0 fully saturated rings. The van der Waals surface area contributed by atoms with E-state index in [1.807, 2.05) is 61.6 Å². The number of carbonyl (C=O) groups excluding carboxylic acids is 1. The maximum Gasteiger partial charge on any atom is 0.253 e. The number of hydrogen-bond acceptors (Lipinski definition) is 2. The Labute approximate surface area is 113 Å². The number of hydrogen-bond donors (Lipinski definition) is 1. The molecule has 0 aliphatic carbocycles. The van der Waals surface area contributed by atoms with Crippen LogP contribution in [0.25, 0.3) is 0 Å². The van der Waals surface area contributed by atoms with Crippen molar-refractivity contribution in [3.05, 3.63) is 71.3 Å². The molecule has 2 aromatic rings. The first kappa shape index (κ1) is 13.3. The monoisotopic (exact) mass is 254 g/mol. The lowest BCUT2D eigenvalue weighted by atomic mass is 10.1. The SMILES string of the molecule is CN(Cc1ccccc1CN)C(=O)c1ccccc1. The van der Waals surface area contributed by atoms with E-state index in [-0.39, 0.29) is 5.91 Å². The molecule has 0 bridgehead atoms. The van der Waals surface area contributed by atoms with Gasteiger partial charge in [0, 0.05) is 25.7 Å². The third kappa shape index (κ3) is 3.20. The summed E-state index contributed by atoms with van der Waals surface area (Å²) in [5.74, 6) is 0.0208. The maximum absolute atomic E-state index is 12.2. The summed E-state index contributed by atoms with van der Waals surface area (Å²) in [4.78, 5) is 14.0. The molecule has 0 aromatic heterocycles. The number of rotatable bonds is 4. The van der Waals surface area contributed by atoms with Crippen molar-refractivity contribution in [3.63, 3.8) is 0 Å². The van der Waals surface area contributed by atoms with Gasteiger partial charge in [0.05, 0.1) is 0 Å². The van der Waals surface area contributed by atoms with Gasteiger partial charge in [-0.25, -0.2) is 0 Å². The Morgan fingerprint density at radius 1 is 1.00 bits per heavy atom. The van der Waals surface area contributed by atoms with Crippen molar-refractivity contribution in [2.45, 2.75) is 13.1 Å². The lowest BCUT2D eigenvalue weighted by Crippen LogP contribution is -2.26. The molecule has 2 rings (SSSR count). The highest BCUT2D eigenvalue weighted by atomic mass is 16.2. The zero-order chi connectivity index (χ0) is 13.7. The average molecular weight is 254 g/mol. The summed E-state index contributed by atoms with van der Waals surface area (Å²) < 4.78 is 0. The van der Waals surface area contributed by atoms with E-state index in [1.165, 1.54) is 0 Å². The first-order valence-corrected chi connectivity index (χ1v) is 6.29. The first-order valence-electron chi connectivity index (χ1n) is 6.29. The highest BCUT2D eigenvalue weighted by Crippen LogP contribution is 2.12. The van der Waals surface area contributed by atoms with Gasteiger partial charge < -0.3 is 10.6 Å². The number of benzene rings is 2. The molecular weight excluding hydrogens is 236 g/mol. The van der Waals surface area contributed by atoms with Gasteiger partial charge in [0.2, 0.25) is 0 Å². The van der Waals surface area contributed by atoms with Crippen molar-refractivity contribution in [1.29, 1.82) is 0 Å². The third-order valence-electron chi connectivity index (χ3n) is 3.11. The summed E-state index contributed by atoms with van der Waals surface area (Å²) in [6.07, 6.45) is 0. The summed E-state index contributed by atoms with van der Waals surface area (Å²) in [6.45, 7) is 1.06. The molecule has 3 nitrogen and oxygen atoms in total. The number of amides is 1. The van der Waals surface area contributed by atoms with Gasteiger partial charge in [-0.1, -0.05) is 42.5 Å². The Hall–Kier alpha value is -2.13. The van der Waals surface area contributed by atoms with Crippen LogP contribution in [-0.4, -0.2) is 17.9 Å². The zero-order valence-corrected chi connectivity index (χ0v) is 11.0. The van der Waals surface area contributed by atoms with E-state index in [4.69, 9.17) is 5.73 Å². The van der Waals surface area contributed by atoms with Crippen LogP contribution in [0, 0.1) is 0 Å². The fourth-order valence-electron chi connectivity index (χ4n) is 2.04. The predicted octanol–water partition coefficient (Wildman–Crippen LogP) is 2.42. The lowest BCUT2D eigenvalue weighted by Gasteiger charge is -2.19. The fraction of sp³-hybridized carbons (Fsp3) is 0.188. The zero-order valence-electron chi connectivity index (χ0n) is 11.0. The number of carbonyl (C=O) groups is 1. The van der Waals surface area contributed by atoms with Crippen LogP contribution in [0.15, 0.2) is 54.6 Å². The van der Waals surface area contributed by atoms with Crippen LogP contribution in [-0.2, 0) is 13.1 Å². The van der Waals surface area contributed by atoms with Crippen LogP contribution < -0.4 is 5.73 Å². The van der Waals surface area contributed by atoms with Crippen molar-refractivity contribution >= 4 is 5.91 Å². The summed E-state index contributed by atoms with van der Waals surface area (Å²) >= 11 is 0. The second kappa shape index (κ2) is 6.16. The molecule has 3 heteroatoms. The first-order chi connectivity index (χ1) is 9.22. The summed E-state index contributed by atoms with van der Waals surface area (Å²) in [7, 11) is 1.81. The van der Waals surface area contributed by atoms with E-state index in [2.05, 4.69) is 0 Å². The molecule has 0 saturated heterocycles. The second-order valence-corrected chi connectivity index (χ2v) is 4.50. The van der Waals surface area contributed by atoms with Crippen molar-refractivity contribution in [2.24, 2.45) is 5.73 Å². The number of nitrogens with zero attached hydrogens (tertiary/aromatic N) is 1. The molecular formula is C16H18N2O. The van der Waals surface area contributed by atoms with Crippen LogP contribution >= 0.6 is 0 Å². The molecule has 0 aliphatic heterocycles. The molecule has 0 atom stereocenters. The minimum atomic E-state index is 0.0208. The van der Waals surface area contributed by atoms with Crippen molar-refractivity contribution < 1.29 is 4.79 Å². The minimum Gasteiger partial charge on any atom is -0.337 e. The standard InChI is InChI=1S/C16H18N2O/c1-18(16(19)13-7-3-2-4-8-13)12-15-10-6-5-9-14(15)11-17/h2-10H,11-12,17H2,1H3. The highest BCUT2D eigenvalue weighted by Gasteiger charge is 2.12. The van der Waals surface area contributed by atoms with Gasteiger partial charge in [-0.05, 0) is 23.3 Å². The molecule has 0 radical (unpaired) electrons. The largest absolute Gasteiger partial charge is 0.337 e. The average Bonchev–Trinajstić information content (AvgIpc) is 2.48. The van der Waals surface area contributed by atoms with Gasteiger partial charge in [-0.3, -0.25) is 4.79 Å². The van der Waals surface area contributed by atoms with Gasteiger partial charge in [0.15, 0.2) is 0 Å². The van der Waals surface area contributed by atoms with Crippen molar-refractivity contribution in [3.8, 4) is 0 Å². The van der Waals surface area contributed by atoms with Gasteiger partial charge in [-0.2, -0.15) is 0 Å². The fourth-order valence-corrected chi connectivity index (χ4v) is 2.04. The van der Waals surface area contributed by atoms with Gasteiger partial charge in [0.1, 0.15) is 0 Å². The Kier molecular flexibility index (Phi) is 4.31. The van der Waals surface area contributed by atoms with E-state index < -0.39 is 0 Å². The van der Waals surface area contributed by atoms with Gasteiger partial charge in [-0.15, -0.1) is 0 Å². The Balaban J connectivity index is 2.13. The van der Waals surface area contributed by atoms with Crippen LogP contribution in [0.2, 0.25) is 0 Å². The predicted molar refractivity (Wildman–Crippen MR) is 76.6 cm³/mol. The Morgan fingerprint density at radius 2 is 1.58 bits per heavy atom. The smallest absolute Gasteiger partial charge is 0.253 e. The van der Waals surface area contributed by atoms with Crippen LogP contribution in [0.3, 0.4) is 0 Å². The van der Waals surface area contributed by atoms with Crippen molar-refractivity contribution in [1.82, 2.24) is 4.90 Å². The summed E-state index contributed by atoms with van der Waals surface area (Å²) in [5.41, 5.74) is 8.59. The molecule has 1 amide bonds. The molecule has 0 saturated carbocycles. The van der Waals surface area contributed by atoms with E-state index in [1.54, 1.807) is 4.90 Å². The molecule has 2 N–H and O–H groups in total. The van der Waals surface area contributed by atoms with E-state index >= 15 is 0 Å². The Bertz CT molecular complexity index is 552. The van der Waals surface area contributed by atoms with Crippen LogP contribution in [0.4, 0.5) is 0 Å². The molecule has 0 heterocycles. The molecule has 19 heavy (non-hydrogen) atoms. The van der Waals surface area contributed by atoms with Crippen LogP contribution in [0.1, 0.15) is 21.5 Å².